The molecule has 196 valence electrons. The summed E-state index contributed by atoms with van der Waals surface area (Å²) in [5.41, 5.74) is 4.17. The molecule has 0 atom stereocenters. The fraction of sp³-hybridized carbons (Fsp3) is 0.200. The summed E-state index contributed by atoms with van der Waals surface area (Å²) in [6.07, 6.45) is 1.90. The highest BCUT2D eigenvalue weighted by Crippen LogP contribution is 2.30. The molecule has 0 saturated carbocycles. The lowest BCUT2D eigenvalue weighted by atomic mass is 9.98. The maximum absolute atomic E-state index is 13.6. The number of rotatable bonds is 9. The van der Waals surface area contributed by atoms with Crippen LogP contribution in [0.15, 0.2) is 83.7 Å². The van der Waals surface area contributed by atoms with Gasteiger partial charge in [0.15, 0.2) is 12.1 Å². The Morgan fingerprint density at radius 2 is 1.64 bits per heavy atom. The largest absolute Gasteiger partial charge is 0.336 e. The Hall–Kier alpha value is -4.92. The van der Waals surface area contributed by atoms with Gasteiger partial charge in [-0.2, -0.15) is 0 Å². The minimum Gasteiger partial charge on any atom is -0.296 e. The number of aromatic amines is 1. The summed E-state index contributed by atoms with van der Waals surface area (Å²) < 4.78 is 2.56. The summed E-state index contributed by atoms with van der Waals surface area (Å²) in [5.74, 6) is 0.420. The van der Waals surface area contributed by atoms with Crippen molar-refractivity contribution in [3.63, 3.8) is 0 Å². The van der Waals surface area contributed by atoms with E-state index < -0.39 is 11.6 Å². The van der Waals surface area contributed by atoms with Crippen LogP contribution >= 0.6 is 0 Å². The van der Waals surface area contributed by atoms with Crippen molar-refractivity contribution in [1.82, 2.24) is 29.8 Å². The maximum Gasteiger partial charge on any atom is 0.336 e. The van der Waals surface area contributed by atoms with Crippen molar-refractivity contribution < 1.29 is 9.59 Å². The summed E-state index contributed by atoms with van der Waals surface area (Å²) >= 11 is 0. The fourth-order valence-corrected chi connectivity index (χ4v) is 4.67. The predicted octanol–water partition coefficient (Wildman–Crippen LogP) is 4.63. The van der Waals surface area contributed by atoms with Gasteiger partial charge < -0.3 is 0 Å². The topological polar surface area (TPSA) is 116 Å². The maximum atomic E-state index is 13.6. The molecular formula is C30H28N6O3. The SMILES string of the molecule is CC(C)CCc1c(C=O)n(C(=O)c2ccccc2)c(=O)n1Cc1ccc(-c2ccccc2-c2nnn[nH]2)cc1. The summed E-state index contributed by atoms with van der Waals surface area (Å²) in [7, 11) is 0. The van der Waals surface area contributed by atoms with Crippen molar-refractivity contribution in [2.75, 3.05) is 0 Å². The Kier molecular flexibility index (Phi) is 7.40. The lowest BCUT2D eigenvalue weighted by molar-refractivity contribution is 0.0942. The highest BCUT2D eigenvalue weighted by Gasteiger charge is 2.25. The van der Waals surface area contributed by atoms with E-state index in [1.165, 1.54) is 0 Å². The van der Waals surface area contributed by atoms with Gasteiger partial charge in [-0.25, -0.2) is 14.5 Å². The van der Waals surface area contributed by atoms with Gasteiger partial charge in [0.2, 0.25) is 0 Å². The number of carbonyl (C=O) groups is 2. The van der Waals surface area contributed by atoms with Gasteiger partial charge in [0.1, 0.15) is 5.69 Å². The molecule has 0 aliphatic heterocycles. The third-order valence-electron chi connectivity index (χ3n) is 6.71. The molecule has 0 amide bonds. The molecule has 5 aromatic rings. The second kappa shape index (κ2) is 11.2. The molecule has 5 rings (SSSR count). The van der Waals surface area contributed by atoms with Gasteiger partial charge in [-0.15, -0.1) is 5.10 Å². The van der Waals surface area contributed by atoms with Crippen LogP contribution in [0.25, 0.3) is 22.5 Å². The second-order valence-electron chi connectivity index (χ2n) is 9.75. The van der Waals surface area contributed by atoms with Crippen molar-refractivity contribution >= 4 is 12.2 Å². The number of hydrogen-bond acceptors (Lipinski definition) is 6. The molecule has 39 heavy (non-hydrogen) atoms. The molecule has 0 fully saturated rings. The van der Waals surface area contributed by atoms with E-state index in [4.69, 9.17) is 0 Å². The second-order valence-corrected chi connectivity index (χ2v) is 9.75. The zero-order valence-electron chi connectivity index (χ0n) is 21.7. The quantitative estimate of drug-likeness (QED) is 0.283. The molecule has 3 aromatic carbocycles. The van der Waals surface area contributed by atoms with Crippen LogP contribution in [0.2, 0.25) is 0 Å². The molecule has 0 unspecified atom stereocenters. The first-order valence-electron chi connectivity index (χ1n) is 12.8. The van der Waals surface area contributed by atoms with E-state index in [2.05, 4.69) is 34.5 Å². The van der Waals surface area contributed by atoms with Gasteiger partial charge in [-0.3, -0.25) is 14.2 Å². The van der Waals surface area contributed by atoms with E-state index in [1.807, 2.05) is 48.5 Å². The number of hydrogen-bond donors (Lipinski definition) is 1. The van der Waals surface area contributed by atoms with E-state index >= 15 is 0 Å². The van der Waals surface area contributed by atoms with E-state index in [9.17, 15) is 14.4 Å². The first-order chi connectivity index (χ1) is 19.0. The molecule has 0 spiro atoms. The van der Waals surface area contributed by atoms with Crippen molar-refractivity contribution in [2.24, 2.45) is 5.92 Å². The van der Waals surface area contributed by atoms with Gasteiger partial charge >= 0.3 is 5.69 Å². The van der Waals surface area contributed by atoms with E-state index in [1.54, 1.807) is 34.9 Å². The molecule has 2 aromatic heterocycles. The minimum atomic E-state index is -0.517. The van der Waals surface area contributed by atoms with Crippen molar-refractivity contribution in [3.05, 3.63) is 112 Å². The number of aromatic nitrogens is 6. The zero-order chi connectivity index (χ0) is 27.4. The zero-order valence-corrected chi connectivity index (χ0v) is 21.7. The number of benzene rings is 3. The highest BCUT2D eigenvalue weighted by atomic mass is 16.2. The van der Waals surface area contributed by atoms with Crippen molar-refractivity contribution in [1.29, 1.82) is 0 Å². The van der Waals surface area contributed by atoms with Crippen molar-refractivity contribution in [3.8, 4) is 22.5 Å². The molecule has 9 nitrogen and oxygen atoms in total. The number of carbonyl (C=O) groups excluding carboxylic acids is 2. The number of imidazole rings is 1. The monoisotopic (exact) mass is 520 g/mol. The van der Waals surface area contributed by atoms with Gasteiger partial charge in [0.25, 0.3) is 5.91 Å². The third kappa shape index (κ3) is 5.24. The van der Waals surface area contributed by atoms with Gasteiger partial charge in [0, 0.05) is 11.1 Å². The standard InChI is InChI=1S/C30H28N6O3/c1-20(2)12-17-26-27(19-37)36(29(38)23-8-4-3-5-9-23)30(39)35(26)18-21-13-15-22(16-14-21)24-10-6-7-11-25(24)28-31-33-34-32-28/h3-11,13-16,19-20H,12,17-18H2,1-2H3,(H,31,32,33,34). The van der Waals surface area contributed by atoms with E-state index in [0.29, 0.717) is 35.7 Å². The number of aldehydes is 1. The third-order valence-corrected chi connectivity index (χ3v) is 6.71. The smallest absolute Gasteiger partial charge is 0.296 e. The van der Waals surface area contributed by atoms with Crippen LogP contribution in [-0.4, -0.2) is 42.0 Å². The number of nitrogens with zero attached hydrogens (tertiary/aromatic N) is 5. The lowest BCUT2D eigenvalue weighted by Gasteiger charge is -2.11. The fourth-order valence-electron chi connectivity index (χ4n) is 4.67. The van der Waals surface area contributed by atoms with Crippen LogP contribution in [0, 0.1) is 5.92 Å². The van der Waals surface area contributed by atoms with E-state index in [-0.39, 0.29) is 12.2 Å². The minimum absolute atomic E-state index is 0.112. The number of nitrogens with one attached hydrogen (secondary N) is 1. The number of tetrazole rings is 1. The normalized spacial score (nSPS) is 11.2. The molecule has 2 heterocycles. The van der Waals surface area contributed by atoms with Crippen LogP contribution in [0.5, 0.6) is 0 Å². The Balaban J connectivity index is 1.52. The van der Waals surface area contributed by atoms with Gasteiger partial charge in [-0.05, 0) is 58.0 Å². The molecule has 0 bridgehead atoms. The Morgan fingerprint density at radius 1 is 0.949 bits per heavy atom. The van der Waals surface area contributed by atoms with Crippen LogP contribution in [0.4, 0.5) is 0 Å². The average molecular weight is 521 g/mol. The summed E-state index contributed by atoms with van der Waals surface area (Å²) in [6, 6.07) is 24.2. The Bertz CT molecular complexity index is 1650. The molecule has 0 saturated heterocycles. The van der Waals surface area contributed by atoms with Crippen LogP contribution in [0.1, 0.15) is 52.4 Å². The molecule has 1 N–H and O–H groups in total. The average Bonchev–Trinajstić information content (AvgIpc) is 3.59. The first kappa shape index (κ1) is 25.7. The molecule has 0 radical (unpaired) electrons. The van der Waals surface area contributed by atoms with Crippen molar-refractivity contribution in [2.45, 2.75) is 33.2 Å². The number of H-pyrrole nitrogens is 1. The summed E-state index contributed by atoms with van der Waals surface area (Å²) in [5, 5.41) is 14.2. The first-order valence-corrected chi connectivity index (χ1v) is 12.8. The lowest BCUT2D eigenvalue weighted by Crippen LogP contribution is -2.31. The predicted molar refractivity (Wildman–Crippen MR) is 148 cm³/mol. The molecule has 0 aliphatic rings. The molecule has 0 aliphatic carbocycles. The highest BCUT2D eigenvalue weighted by molar-refractivity contribution is 5.99. The van der Waals surface area contributed by atoms with Crippen LogP contribution in [-0.2, 0) is 13.0 Å². The summed E-state index contributed by atoms with van der Waals surface area (Å²) in [4.78, 5) is 39.2. The summed E-state index contributed by atoms with van der Waals surface area (Å²) in [6.45, 7) is 4.40. The van der Waals surface area contributed by atoms with Gasteiger partial charge in [-0.1, -0.05) is 80.6 Å². The van der Waals surface area contributed by atoms with E-state index in [0.717, 1.165) is 33.2 Å². The van der Waals surface area contributed by atoms with Gasteiger partial charge in [0.05, 0.1) is 12.2 Å². The Labute approximate surface area is 225 Å². The molecule has 9 heteroatoms. The van der Waals surface area contributed by atoms with Crippen LogP contribution in [0.3, 0.4) is 0 Å². The molecular weight excluding hydrogens is 492 g/mol. The Morgan fingerprint density at radius 3 is 2.28 bits per heavy atom. The van der Waals surface area contributed by atoms with Crippen LogP contribution < -0.4 is 5.69 Å².